The number of benzene rings is 1. The fraction of sp³-hybridized carbons (Fsp3) is 0.364. The summed E-state index contributed by atoms with van der Waals surface area (Å²) in [5, 5.41) is 12.5. The minimum atomic E-state index is -0.308. The molecule has 5 rings (SSSR count). The van der Waals surface area contributed by atoms with E-state index in [9.17, 15) is 4.79 Å². The minimum Gasteiger partial charge on any atom is -0.398 e. The van der Waals surface area contributed by atoms with Gasteiger partial charge in [-0.2, -0.15) is 5.10 Å². The van der Waals surface area contributed by atoms with Crippen LogP contribution in [0.2, 0.25) is 10.0 Å². The van der Waals surface area contributed by atoms with Crippen molar-refractivity contribution < 1.29 is 9.63 Å². The molecule has 4 heterocycles. The van der Waals surface area contributed by atoms with Crippen LogP contribution in [0.1, 0.15) is 47.5 Å². The molecule has 2 aromatic heterocycles. The van der Waals surface area contributed by atoms with E-state index in [4.69, 9.17) is 38.8 Å². The fourth-order valence-electron chi connectivity index (χ4n) is 4.22. The second kappa shape index (κ2) is 9.32. The van der Waals surface area contributed by atoms with Gasteiger partial charge in [-0.05, 0) is 25.0 Å². The molecule has 1 aromatic carbocycles. The second-order valence-corrected chi connectivity index (χ2v) is 9.89. The number of carbonyl (C=O) groups excluding carboxylic acids is 1. The van der Waals surface area contributed by atoms with Crippen LogP contribution in [0, 0.1) is 0 Å². The van der Waals surface area contributed by atoms with Crippen LogP contribution in [-0.4, -0.2) is 44.4 Å². The van der Waals surface area contributed by atoms with E-state index in [1.165, 1.54) is 6.20 Å². The highest BCUT2D eigenvalue weighted by Gasteiger charge is 2.30. The average Bonchev–Trinajstić information content (AvgIpc) is 3.55. The van der Waals surface area contributed by atoms with Crippen molar-refractivity contribution in [2.24, 2.45) is 5.16 Å². The third-order valence-corrected chi connectivity index (χ3v) is 7.52. The van der Waals surface area contributed by atoms with Gasteiger partial charge in [-0.1, -0.05) is 34.4 Å². The number of nitrogens with two attached hydrogens (primary N) is 1. The third-order valence-electron chi connectivity index (χ3n) is 5.99. The van der Waals surface area contributed by atoms with Crippen molar-refractivity contribution in [1.29, 1.82) is 0 Å². The Balaban J connectivity index is 1.18. The predicted octanol–water partition coefficient (Wildman–Crippen LogP) is 4.50. The maximum Gasteiger partial charge on any atom is 0.244 e. The number of amides is 1. The first-order chi connectivity index (χ1) is 16.0. The normalized spacial score (nSPS) is 18.9. The minimum absolute atomic E-state index is 0.0513. The zero-order valence-electron chi connectivity index (χ0n) is 17.7. The number of anilines is 1. The van der Waals surface area contributed by atoms with E-state index >= 15 is 0 Å². The molecule has 1 amide bonds. The molecule has 2 N–H and O–H groups in total. The van der Waals surface area contributed by atoms with E-state index in [0.717, 1.165) is 34.8 Å². The quantitative estimate of drug-likeness (QED) is 0.515. The number of rotatable bonds is 5. The largest absolute Gasteiger partial charge is 0.398 e. The van der Waals surface area contributed by atoms with Gasteiger partial charge in [0.15, 0.2) is 6.10 Å². The van der Waals surface area contributed by atoms with Crippen molar-refractivity contribution in [2.45, 2.75) is 37.8 Å². The summed E-state index contributed by atoms with van der Waals surface area (Å²) >= 11 is 13.8. The molecule has 1 saturated heterocycles. The molecule has 0 aliphatic carbocycles. The molecule has 2 aliphatic heterocycles. The highest BCUT2D eigenvalue weighted by atomic mass is 35.5. The van der Waals surface area contributed by atoms with Crippen molar-refractivity contribution in [3.63, 3.8) is 0 Å². The van der Waals surface area contributed by atoms with Gasteiger partial charge >= 0.3 is 0 Å². The Bertz CT molecular complexity index is 1180. The first-order valence-electron chi connectivity index (χ1n) is 10.7. The van der Waals surface area contributed by atoms with Gasteiger partial charge in [-0.25, -0.2) is 4.98 Å². The van der Waals surface area contributed by atoms with Crippen LogP contribution in [0.15, 0.2) is 41.1 Å². The molecular weight excluding hydrogens is 483 g/mol. The molecule has 1 fully saturated rings. The first kappa shape index (κ1) is 22.2. The van der Waals surface area contributed by atoms with Gasteiger partial charge in [-0.3, -0.25) is 9.48 Å². The summed E-state index contributed by atoms with van der Waals surface area (Å²) in [6.45, 7) is 1.60. The summed E-state index contributed by atoms with van der Waals surface area (Å²) in [5.74, 6) is 0.375. The molecule has 172 valence electrons. The average molecular weight is 505 g/mol. The lowest BCUT2D eigenvalue weighted by Crippen LogP contribution is -2.39. The topological polar surface area (TPSA) is 98.6 Å². The van der Waals surface area contributed by atoms with E-state index in [2.05, 4.69) is 10.3 Å². The zero-order valence-corrected chi connectivity index (χ0v) is 20.0. The number of nitrogens with zero attached hydrogens (tertiary/aromatic N) is 5. The van der Waals surface area contributed by atoms with E-state index in [-0.39, 0.29) is 18.6 Å². The Morgan fingerprint density at radius 1 is 1.27 bits per heavy atom. The maximum atomic E-state index is 12.6. The summed E-state index contributed by atoms with van der Waals surface area (Å²) in [6, 6.07) is 5.43. The number of oxime groups is 1. The molecule has 0 spiro atoms. The van der Waals surface area contributed by atoms with E-state index in [0.29, 0.717) is 41.2 Å². The molecule has 3 aromatic rings. The van der Waals surface area contributed by atoms with E-state index in [1.54, 1.807) is 28.3 Å². The van der Waals surface area contributed by atoms with Crippen LogP contribution < -0.4 is 5.73 Å². The van der Waals surface area contributed by atoms with Crippen LogP contribution in [0.5, 0.6) is 0 Å². The summed E-state index contributed by atoms with van der Waals surface area (Å²) in [7, 11) is 0. The van der Waals surface area contributed by atoms with Crippen LogP contribution in [0.3, 0.4) is 0 Å². The van der Waals surface area contributed by atoms with Crippen molar-refractivity contribution in [2.75, 3.05) is 18.8 Å². The maximum absolute atomic E-state index is 12.6. The Labute approximate surface area is 204 Å². The molecule has 0 saturated carbocycles. The summed E-state index contributed by atoms with van der Waals surface area (Å²) in [5.41, 5.74) is 9.09. The molecule has 0 bridgehead atoms. The van der Waals surface area contributed by atoms with Crippen molar-refractivity contribution in [3.05, 3.63) is 62.3 Å². The lowest BCUT2D eigenvalue weighted by Gasteiger charge is -2.31. The number of aromatic nitrogens is 3. The van der Waals surface area contributed by atoms with E-state index < -0.39 is 0 Å². The number of hydrogen-bond acceptors (Lipinski definition) is 7. The SMILES string of the molecule is Nc1cccc(Cl)c1C1CC(c2csc(C3CCN(C(=O)Cn4cc(Cl)cn4)CC3)n2)=NO1. The molecule has 1 unspecified atom stereocenters. The zero-order chi connectivity index (χ0) is 22.9. The summed E-state index contributed by atoms with van der Waals surface area (Å²) < 4.78 is 1.57. The molecule has 8 nitrogen and oxygen atoms in total. The molecule has 0 radical (unpaired) electrons. The highest BCUT2D eigenvalue weighted by Crippen LogP contribution is 2.38. The van der Waals surface area contributed by atoms with Crippen LogP contribution in [-0.2, 0) is 16.2 Å². The summed E-state index contributed by atoms with van der Waals surface area (Å²) in [6.07, 6.45) is 5.20. The third kappa shape index (κ3) is 4.71. The van der Waals surface area contributed by atoms with Crippen molar-refractivity contribution >= 4 is 51.8 Å². The highest BCUT2D eigenvalue weighted by molar-refractivity contribution is 7.10. The number of hydrogen-bond donors (Lipinski definition) is 1. The standard InChI is InChI=1S/C22H22Cl2N6O2S/c23-14-9-26-30(10-14)11-20(31)29-6-4-13(5-7-29)22-27-18(12-33-22)17-8-19(32-28-17)21-15(24)2-1-3-16(21)25/h1-3,9-10,12-13,19H,4-8,11,25H2. The molecule has 11 heteroatoms. The Morgan fingerprint density at radius 2 is 2.09 bits per heavy atom. The van der Waals surface area contributed by atoms with Crippen molar-refractivity contribution in [1.82, 2.24) is 19.7 Å². The number of thiazole rings is 1. The monoisotopic (exact) mass is 504 g/mol. The fourth-order valence-corrected chi connectivity index (χ4v) is 5.68. The number of likely N-dealkylation sites (tertiary alicyclic amines) is 1. The number of piperidine rings is 1. The van der Waals surface area contributed by atoms with Gasteiger partial charge in [0.25, 0.3) is 0 Å². The van der Waals surface area contributed by atoms with Gasteiger partial charge in [0.1, 0.15) is 12.3 Å². The molecule has 1 atom stereocenters. The molecule has 33 heavy (non-hydrogen) atoms. The Morgan fingerprint density at radius 3 is 2.82 bits per heavy atom. The van der Waals surface area contributed by atoms with Crippen LogP contribution in [0.4, 0.5) is 5.69 Å². The van der Waals surface area contributed by atoms with Gasteiger partial charge < -0.3 is 15.5 Å². The number of nitrogen functional groups attached to an aromatic ring is 1. The number of carbonyl (C=O) groups is 1. The Kier molecular flexibility index (Phi) is 6.27. The van der Waals surface area contributed by atoms with Gasteiger partial charge in [0, 0.05) is 53.3 Å². The lowest BCUT2D eigenvalue weighted by molar-refractivity contribution is -0.133. The van der Waals surface area contributed by atoms with E-state index in [1.807, 2.05) is 22.4 Å². The summed E-state index contributed by atoms with van der Waals surface area (Å²) in [4.78, 5) is 24.9. The van der Waals surface area contributed by atoms with Gasteiger partial charge in [0.05, 0.1) is 21.9 Å². The molecule has 2 aliphatic rings. The Hall–Kier alpha value is -2.62. The van der Waals surface area contributed by atoms with Gasteiger partial charge in [0.2, 0.25) is 5.91 Å². The van der Waals surface area contributed by atoms with Crippen LogP contribution >= 0.6 is 34.5 Å². The first-order valence-corrected chi connectivity index (χ1v) is 12.3. The smallest absolute Gasteiger partial charge is 0.244 e. The van der Waals surface area contributed by atoms with Crippen LogP contribution in [0.25, 0.3) is 0 Å². The predicted molar refractivity (Wildman–Crippen MR) is 129 cm³/mol. The second-order valence-electron chi connectivity index (χ2n) is 8.16. The van der Waals surface area contributed by atoms with Gasteiger partial charge in [-0.15, -0.1) is 11.3 Å². The lowest BCUT2D eigenvalue weighted by atomic mass is 9.97. The van der Waals surface area contributed by atoms with Crippen molar-refractivity contribution in [3.8, 4) is 0 Å². The number of halogens is 2. The molecular formula is C22H22Cl2N6O2S.